The number of carbonyl (C=O) groups excluding carboxylic acids is 1. The second-order valence-corrected chi connectivity index (χ2v) is 7.01. The lowest BCUT2D eigenvalue weighted by Gasteiger charge is -2.13. The molecule has 0 aliphatic rings. The van der Waals surface area contributed by atoms with Gasteiger partial charge >= 0.3 is 0 Å². The lowest BCUT2D eigenvalue weighted by molar-refractivity contribution is 0.0823. The maximum Gasteiger partial charge on any atom is 0.256 e. The predicted octanol–water partition coefficient (Wildman–Crippen LogP) is 4.24. The summed E-state index contributed by atoms with van der Waals surface area (Å²) < 4.78 is 14.6. The van der Waals surface area contributed by atoms with Gasteiger partial charge in [-0.3, -0.25) is 9.78 Å². The first-order valence-electron chi connectivity index (χ1n) is 9.39. The molecular weight excluding hydrogens is 381 g/mol. The smallest absolute Gasteiger partial charge is 0.256 e. The van der Waals surface area contributed by atoms with E-state index in [1.54, 1.807) is 39.6 Å². The molecule has 4 rings (SSSR count). The summed E-state index contributed by atoms with van der Waals surface area (Å²) in [6, 6.07) is 14.0. The number of benzene rings is 2. The number of hydrogen-bond acceptors (Lipinski definition) is 5. The third kappa shape index (κ3) is 3.57. The molecule has 30 heavy (non-hydrogen) atoms. The van der Waals surface area contributed by atoms with E-state index < -0.39 is 5.82 Å². The molecule has 1 N–H and O–H groups in total. The first-order valence-corrected chi connectivity index (χ1v) is 9.39. The molecule has 0 aliphatic heterocycles. The van der Waals surface area contributed by atoms with Crippen LogP contribution in [0.5, 0.6) is 0 Å². The molecule has 0 bridgehead atoms. The van der Waals surface area contributed by atoms with Crippen molar-refractivity contribution in [1.82, 2.24) is 19.9 Å². The van der Waals surface area contributed by atoms with Gasteiger partial charge in [0.1, 0.15) is 11.6 Å². The number of halogens is 1. The van der Waals surface area contributed by atoms with Gasteiger partial charge in [-0.2, -0.15) is 0 Å². The summed E-state index contributed by atoms with van der Waals surface area (Å²) in [6.45, 7) is 0. The van der Waals surface area contributed by atoms with E-state index in [9.17, 15) is 9.18 Å². The Bertz CT molecular complexity index is 1240. The summed E-state index contributed by atoms with van der Waals surface area (Å²) in [6.07, 6.45) is 3.42. The fraction of sp³-hybridized carbons (Fsp3) is 0.130. The number of fused-ring (bicyclic) bond motifs is 1. The zero-order valence-electron chi connectivity index (χ0n) is 16.8. The Balaban J connectivity index is 1.79. The Morgan fingerprint density at radius 2 is 1.77 bits per heavy atom. The Morgan fingerprint density at radius 3 is 2.43 bits per heavy atom. The number of aromatic nitrogens is 3. The molecule has 0 saturated heterocycles. The summed E-state index contributed by atoms with van der Waals surface area (Å²) in [4.78, 5) is 26.8. The third-order valence-electron chi connectivity index (χ3n) is 4.79. The van der Waals surface area contributed by atoms with E-state index in [0.29, 0.717) is 17.2 Å². The first kappa shape index (κ1) is 19.4. The van der Waals surface area contributed by atoms with E-state index in [0.717, 1.165) is 22.0 Å². The van der Waals surface area contributed by atoms with Crippen LogP contribution in [0.15, 0.2) is 60.9 Å². The number of carbonyl (C=O) groups is 1. The lowest BCUT2D eigenvalue weighted by Crippen LogP contribution is -2.22. The molecule has 1 amide bonds. The molecule has 4 aromatic rings. The number of nitrogens with one attached hydrogen (secondary N) is 1. The van der Waals surface area contributed by atoms with Crippen LogP contribution in [0.4, 0.5) is 10.2 Å². The van der Waals surface area contributed by atoms with Crippen LogP contribution in [0, 0.1) is 5.82 Å². The summed E-state index contributed by atoms with van der Waals surface area (Å²) in [5.74, 6) is 0.320. The minimum atomic E-state index is -0.552. The zero-order chi connectivity index (χ0) is 21.3. The fourth-order valence-corrected chi connectivity index (χ4v) is 3.23. The Labute approximate surface area is 173 Å². The standard InChI is InChI=1S/C23H20FN5O/c1-25-22-18-11-14(15-6-8-17(19(24)12-15)23(30)29(2)3)7-9-20(18)27-21(28-22)16-5-4-10-26-13-16/h4-13H,1-3H3,(H,25,27,28). The van der Waals surface area contributed by atoms with Gasteiger partial charge in [-0.05, 0) is 47.5 Å². The van der Waals surface area contributed by atoms with Gasteiger partial charge in [-0.25, -0.2) is 14.4 Å². The van der Waals surface area contributed by atoms with Crippen LogP contribution in [-0.4, -0.2) is 46.9 Å². The number of amides is 1. The third-order valence-corrected chi connectivity index (χ3v) is 4.79. The zero-order valence-corrected chi connectivity index (χ0v) is 16.8. The van der Waals surface area contributed by atoms with Crippen LogP contribution in [-0.2, 0) is 0 Å². The fourth-order valence-electron chi connectivity index (χ4n) is 3.23. The van der Waals surface area contributed by atoms with Crippen LogP contribution in [0.2, 0.25) is 0 Å². The Hall–Kier alpha value is -3.87. The average molecular weight is 401 g/mol. The molecule has 0 atom stereocenters. The molecule has 2 aromatic carbocycles. The largest absolute Gasteiger partial charge is 0.373 e. The van der Waals surface area contributed by atoms with E-state index in [2.05, 4.69) is 20.3 Å². The molecule has 0 aliphatic carbocycles. The molecule has 0 fully saturated rings. The molecule has 6 nitrogen and oxygen atoms in total. The second kappa shape index (κ2) is 7.87. The van der Waals surface area contributed by atoms with Crippen molar-refractivity contribution in [2.45, 2.75) is 0 Å². The van der Waals surface area contributed by atoms with E-state index in [4.69, 9.17) is 0 Å². The molecule has 2 heterocycles. The minimum Gasteiger partial charge on any atom is -0.373 e. The van der Waals surface area contributed by atoms with Crippen LogP contribution in [0.25, 0.3) is 33.4 Å². The summed E-state index contributed by atoms with van der Waals surface area (Å²) in [5, 5.41) is 3.93. The van der Waals surface area contributed by atoms with Crippen LogP contribution in [0.3, 0.4) is 0 Å². The van der Waals surface area contributed by atoms with Crippen molar-refractivity contribution < 1.29 is 9.18 Å². The van der Waals surface area contributed by atoms with E-state index in [1.165, 1.54) is 17.0 Å². The highest BCUT2D eigenvalue weighted by atomic mass is 19.1. The summed E-state index contributed by atoms with van der Waals surface area (Å²) >= 11 is 0. The van der Waals surface area contributed by atoms with Gasteiger partial charge in [-0.1, -0.05) is 12.1 Å². The average Bonchev–Trinajstić information content (AvgIpc) is 2.78. The number of hydrogen-bond donors (Lipinski definition) is 1. The highest BCUT2D eigenvalue weighted by Crippen LogP contribution is 2.30. The van der Waals surface area contributed by atoms with Gasteiger partial charge < -0.3 is 10.2 Å². The SMILES string of the molecule is CNc1nc(-c2cccnc2)nc2ccc(-c3ccc(C(=O)N(C)C)c(F)c3)cc12. The van der Waals surface area contributed by atoms with Crippen LogP contribution in [0.1, 0.15) is 10.4 Å². The van der Waals surface area contributed by atoms with E-state index in [1.807, 2.05) is 30.3 Å². The number of nitrogens with zero attached hydrogens (tertiary/aromatic N) is 4. The molecular formula is C23H20FN5O. The van der Waals surface area contributed by atoms with Gasteiger partial charge in [0.25, 0.3) is 5.91 Å². The van der Waals surface area contributed by atoms with Gasteiger partial charge in [0.2, 0.25) is 0 Å². The van der Waals surface area contributed by atoms with Crippen molar-refractivity contribution in [1.29, 1.82) is 0 Å². The maximum absolute atomic E-state index is 14.6. The Morgan fingerprint density at radius 1 is 1.00 bits per heavy atom. The van der Waals surface area contributed by atoms with Gasteiger partial charge in [0.15, 0.2) is 5.82 Å². The summed E-state index contributed by atoms with van der Waals surface area (Å²) in [5.41, 5.74) is 3.10. The predicted molar refractivity (Wildman–Crippen MR) is 116 cm³/mol. The highest BCUT2D eigenvalue weighted by molar-refractivity contribution is 5.96. The van der Waals surface area contributed by atoms with Gasteiger partial charge in [-0.15, -0.1) is 0 Å². The summed E-state index contributed by atoms with van der Waals surface area (Å²) in [7, 11) is 4.99. The first-order chi connectivity index (χ1) is 14.5. The van der Waals surface area contributed by atoms with Crippen molar-refractivity contribution in [2.24, 2.45) is 0 Å². The quantitative estimate of drug-likeness (QED) is 0.554. The van der Waals surface area contributed by atoms with E-state index in [-0.39, 0.29) is 11.5 Å². The highest BCUT2D eigenvalue weighted by Gasteiger charge is 2.15. The second-order valence-electron chi connectivity index (χ2n) is 7.01. The lowest BCUT2D eigenvalue weighted by atomic mass is 10.0. The van der Waals surface area contributed by atoms with E-state index >= 15 is 0 Å². The van der Waals surface area contributed by atoms with Crippen molar-refractivity contribution >= 4 is 22.6 Å². The maximum atomic E-state index is 14.6. The van der Waals surface area contributed by atoms with Gasteiger partial charge in [0.05, 0.1) is 11.1 Å². The molecule has 0 unspecified atom stereocenters. The molecule has 0 radical (unpaired) electrons. The van der Waals surface area contributed by atoms with Crippen molar-refractivity contribution in [3.8, 4) is 22.5 Å². The molecule has 150 valence electrons. The van der Waals surface area contributed by atoms with Crippen LogP contribution < -0.4 is 5.32 Å². The van der Waals surface area contributed by atoms with Crippen molar-refractivity contribution in [3.63, 3.8) is 0 Å². The number of rotatable bonds is 4. The number of anilines is 1. The molecule has 0 saturated carbocycles. The molecule has 0 spiro atoms. The molecule has 7 heteroatoms. The molecule has 2 aromatic heterocycles. The van der Waals surface area contributed by atoms with Crippen molar-refractivity contribution in [2.75, 3.05) is 26.5 Å². The monoisotopic (exact) mass is 401 g/mol. The Kier molecular flexibility index (Phi) is 5.10. The van der Waals surface area contributed by atoms with Crippen molar-refractivity contribution in [3.05, 3.63) is 72.3 Å². The van der Waals surface area contributed by atoms with Gasteiger partial charge in [0, 0.05) is 44.5 Å². The topological polar surface area (TPSA) is 71.0 Å². The normalized spacial score (nSPS) is 10.8. The van der Waals surface area contributed by atoms with Crippen LogP contribution >= 0.6 is 0 Å². The number of pyridine rings is 1. The minimum absolute atomic E-state index is 0.0462.